The van der Waals surface area contributed by atoms with Crippen LogP contribution >= 0.6 is 0 Å². The van der Waals surface area contributed by atoms with Crippen LogP contribution in [0.4, 0.5) is 11.4 Å². The number of hydrogen-bond donors (Lipinski definition) is 1. The molecule has 4 nitrogen and oxygen atoms in total. The molecule has 0 spiro atoms. The van der Waals surface area contributed by atoms with E-state index in [1.54, 1.807) is 12.4 Å². The highest BCUT2D eigenvalue weighted by molar-refractivity contribution is 5.92. The van der Waals surface area contributed by atoms with Crippen molar-refractivity contribution in [2.45, 2.75) is 6.92 Å². The Labute approximate surface area is 104 Å². The molecule has 0 amide bonds. The molecule has 0 aliphatic carbocycles. The van der Waals surface area contributed by atoms with Crippen LogP contribution in [0.5, 0.6) is 0 Å². The van der Waals surface area contributed by atoms with E-state index < -0.39 is 0 Å². The van der Waals surface area contributed by atoms with Crippen molar-refractivity contribution in [2.24, 2.45) is 10.2 Å². The second-order valence-corrected chi connectivity index (χ2v) is 4.06. The molecule has 3 aromatic rings. The van der Waals surface area contributed by atoms with Crippen molar-refractivity contribution < 1.29 is 0 Å². The van der Waals surface area contributed by atoms with Gasteiger partial charge in [-0.1, -0.05) is 18.2 Å². The molecule has 0 saturated carbocycles. The van der Waals surface area contributed by atoms with Gasteiger partial charge in [0, 0.05) is 22.8 Å². The number of aryl methyl sites for hydroxylation is 1. The average molecular weight is 236 g/mol. The number of nitrogens with one attached hydrogen (secondary N) is 1. The van der Waals surface area contributed by atoms with Crippen LogP contribution in [0.2, 0.25) is 0 Å². The molecule has 1 aromatic carbocycles. The molecule has 2 aromatic heterocycles. The van der Waals surface area contributed by atoms with Crippen molar-refractivity contribution in [2.75, 3.05) is 0 Å². The van der Waals surface area contributed by atoms with Crippen molar-refractivity contribution in [1.82, 2.24) is 9.97 Å². The Morgan fingerprint density at radius 3 is 2.78 bits per heavy atom. The monoisotopic (exact) mass is 236 g/mol. The van der Waals surface area contributed by atoms with Crippen LogP contribution in [-0.2, 0) is 0 Å². The smallest absolute Gasteiger partial charge is 0.114 e. The third-order valence-corrected chi connectivity index (χ3v) is 2.77. The molecular weight excluding hydrogens is 224 g/mol. The first kappa shape index (κ1) is 10.7. The predicted molar refractivity (Wildman–Crippen MR) is 71.4 cm³/mol. The normalized spacial score (nSPS) is 11.4. The van der Waals surface area contributed by atoms with Crippen molar-refractivity contribution in [3.63, 3.8) is 0 Å². The molecule has 4 heteroatoms. The highest BCUT2D eigenvalue weighted by Gasteiger charge is 2.06. The third-order valence-electron chi connectivity index (χ3n) is 2.77. The number of hydrogen-bond acceptors (Lipinski definition) is 3. The number of azo groups is 1. The number of rotatable bonds is 2. The van der Waals surface area contributed by atoms with E-state index in [1.165, 1.54) is 0 Å². The number of fused-ring (bicyclic) bond motifs is 1. The number of aromatic nitrogens is 2. The first-order valence-electron chi connectivity index (χ1n) is 5.73. The summed E-state index contributed by atoms with van der Waals surface area (Å²) in [6, 6.07) is 11.8. The Bertz CT molecular complexity index is 698. The number of H-pyrrole nitrogens is 1. The molecular formula is C14H12N4. The fraction of sp³-hybridized carbons (Fsp3) is 0.0714. The standard InChI is InChI=1S/C14H12N4/c1-10-14(12-6-2-3-7-13(12)16-10)18-17-11-5-4-8-15-9-11/h2-9,16H,1H3. The Hall–Kier alpha value is -2.49. The van der Waals surface area contributed by atoms with E-state index in [0.717, 1.165) is 28.0 Å². The van der Waals surface area contributed by atoms with Gasteiger partial charge in [-0.3, -0.25) is 4.98 Å². The van der Waals surface area contributed by atoms with Gasteiger partial charge in [0.1, 0.15) is 11.4 Å². The number of para-hydroxylation sites is 1. The summed E-state index contributed by atoms with van der Waals surface area (Å²) >= 11 is 0. The molecule has 0 aliphatic rings. The average Bonchev–Trinajstić information content (AvgIpc) is 2.73. The SMILES string of the molecule is Cc1[nH]c2ccccc2c1N=Nc1cccnc1. The summed E-state index contributed by atoms with van der Waals surface area (Å²) in [5, 5.41) is 9.61. The van der Waals surface area contributed by atoms with Crippen LogP contribution in [0.3, 0.4) is 0 Å². The largest absolute Gasteiger partial charge is 0.357 e. The Morgan fingerprint density at radius 2 is 1.94 bits per heavy atom. The summed E-state index contributed by atoms with van der Waals surface area (Å²) in [5.41, 5.74) is 3.73. The lowest BCUT2D eigenvalue weighted by Gasteiger charge is -1.92. The van der Waals surface area contributed by atoms with E-state index in [4.69, 9.17) is 0 Å². The summed E-state index contributed by atoms with van der Waals surface area (Å²) in [4.78, 5) is 7.30. The van der Waals surface area contributed by atoms with Gasteiger partial charge >= 0.3 is 0 Å². The maximum atomic E-state index is 4.32. The molecule has 1 N–H and O–H groups in total. The fourth-order valence-corrected chi connectivity index (χ4v) is 1.91. The van der Waals surface area contributed by atoms with Crippen molar-refractivity contribution >= 4 is 22.3 Å². The lowest BCUT2D eigenvalue weighted by Crippen LogP contribution is -1.69. The highest BCUT2D eigenvalue weighted by Crippen LogP contribution is 2.30. The van der Waals surface area contributed by atoms with E-state index in [9.17, 15) is 0 Å². The van der Waals surface area contributed by atoms with Gasteiger partial charge in [-0.15, -0.1) is 10.2 Å². The summed E-state index contributed by atoms with van der Waals surface area (Å²) in [5.74, 6) is 0. The van der Waals surface area contributed by atoms with Gasteiger partial charge in [0.05, 0.1) is 6.20 Å². The van der Waals surface area contributed by atoms with Crippen LogP contribution in [0.1, 0.15) is 5.69 Å². The lowest BCUT2D eigenvalue weighted by atomic mass is 10.2. The zero-order chi connectivity index (χ0) is 12.4. The maximum absolute atomic E-state index is 4.32. The minimum absolute atomic E-state index is 0.752. The third kappa shape index (κ3) is 1.88. The van der Waals surface area contributed by atoms with Crippen molar-refractivity contribution in [3.05, 3.63) is 54.5 Å². The molecule has 0 radical (unpaired) electrons. The van der Waals surface area contributed by atoms with Crippen molar-refractivity contribution in [1.29, 1.82) is 0 Å². The molecule has 0 atom stereocenters. The summed E-state index contributed by atoms with van der Waals surface area (Å²) in [6.45, 7) is 2.00. The van der Waals surface area contributed by atoms with Crippen LogP contribution in [0.15, 0.2) is 59.0 Å². The number of pyridine rings is 1. The fourth-order valence-electron chi connectivity index (χ4n) is 1.91. The topological polar surface area (TPSA) is 53.4 Å². The summed E-state index contributed by atoms with van der Waals surface area (Å²) < 4.78 is 0. The Kier molecular flexibility index (Phi) is 2.61. The number of nitrogens with zero attached hydrogens (tertiary/aromatic N) is 3. The first-order chi connectivity index (χ1) is 8.84. The van der Waals surface area contributed by atoms with E-state index in [0.29, 0.717) is 0 Å². The zero-order valence-corrected chi connectivity index (χ0v) is 9.96. The highest BCUT2D eigenvalue weighted by atomic mass is 15.1. The molecule has 3 rings (SSSR count). The lowest BCUT2D eigenvalue weighted by molar-refractivity contribution is 1.18. The van der Waals surface area contributed by atoms with E-state index in [-0.39, 0.29) is 0 Å². The predicted octanol–water partition coefficient (Wildman–Crippen LogP) is 4.29. The Morgan fingerprint density at radius 1 is 1.06 bits per heavy atom. The molecule has 0 aliphatic heterocycles. The molecule has 0 saturated heterocycles. The van der Waals surface area contributed by atoms with E-state index in [1.807, 2.05) is 43.3 Å². The quantitative estimate of drug-likeness (QED) is 0.663. The zero-order valence-electron chi connectivity index (χ0n) is 9.96. The van der Waals surface area contributed by atoms with Gasteiger partial charge in [-0.2, -0.15) is 0 Å². The minimum atomic E-state index is 0.752. The van der Waals surface area contributed by atoms with Crippen LogP contribution in [0, 0.1) is 6.92 Å². The van der Waals surface area contributed by atoms with Gasteiger partial charge in [0.25, 0.3) is 0 Å². The first-order valence-corrected chi connectivity index (χ1v) is 5.73. The second kappa shape index (κ2) is 4.41. The van der Waals surface area contributed by atoms with Crippen LogP contribution in [-0.4, -0.2) is 9.97 Å². The van der Waals surface area contributed by atoms with Crippen LogP contribution < -0.4 is 0 Å². The molecule has 0 fully saturated rings. The molecule has 2 heterocycles. The van der Waals surface area contributed by atoms with Crippen molar-refractivity contribution in [3.8, 4) is 0 Å². The number of aromatic amines is 1. The molecule has 88 valence electrons. The van der Waals surface area contributed by atoms with E-state index >= 15 is 0 Å². The van der Waals surface area contributed by atoms with Gasteiger partial charge in [-0.25, -0.2) is 0 Å². The van der Waals surface area contributed by atoms with Gasteiger partial charge in [0.15, 0.2) is 0 Å². The van der Waals surface area contributed by atoms with Gasteiger partial charge < -0.3 is 4.98 Å². The Balaban J connectivity index is 2.05. The summed E-state index contributed by atoms with van der Waals surface area (Å²) in [7, 11) is 0. The van der Waals surface area contributed by atoms with Gasteiger partial charge in [-0.05, 0) is 25.1 Å². The second-order valence-electron chi connectivity index (χ2n) is 4.06. The van der Waals surface area contributed by atoms with Crippen LogP contribution in [0.25, 0.3) is 10.9 Å². The molecule has 18 heavy (non-hydrogen) atoms. The maximum Gasteiger partial charge on any atom is 0.114 e. The van der Waals surface area contributed by atoms with E-state index in [2.05, 4.69) is 20.2 Å². The molecule has 0 bridgehead atoms. The molecule has 0 unspecified atom stereocenters. The summed E-state index contributed by atoms with van der Waals surface area (Å²) in [6.07, 6.45) is 3.41. The van der Waals surface area contributed by atoms with Gasteiger partial charge in [0.2, 0.25) is 0 Å². The number of benzene rings is 1. The minimum Gasteiger partial charge on any atom is -0.357 e.